The summed E-state index contributed by atoms with van der Waals surface area (Å²) < 4.78 is 35.3. The van der Waals surface area contributed by atoms with Crippen molar-refractivity contribution < 1.29 is 27.8 Å². The molecule has 1 aliphatic heterocycles. The van der Waals surface area contributed by atoms with E-state index in [9.17, 15) is 18.4 Å². The molecule has 29 heavy (non-hydrogen) atoms. The summed E-state index contributed by atoms with van der Waals surface area (Å²) in [6, 6.07) is 6.96. The molecule has 0 spiro atoms. The van der Waals surface area contributed by atoms with E-state index in [1.54, 1.807) is 6.20 Å². The highest BCUT2D eigenvalue weighted by Crippen LogP contribution is 2.34. The number of amides is 2. The second kappa shape index (κ2) is 9.31. The van der Waals surface area contributed by atoms with Crippen molar-refractivity contribution in [3.8, 4) is 11.3 Å². The van der Waals surface area contributed by atoms with Crippen LogP contribution in [0.25, 0.3) is 11.3 Å². The van der Waals surface area contributed by atoms with Crippen molar-refractivity contribution in [1.29, 1.82) is 0 Å². The minimum Gasteiger partial charge on any atom is -0.453 e. The largest absolute Gasteiger partial charge is 0.453 e. The smallest absolute Gasteiger partial charge is 0.407 e. The number of benzene rings is 1. The summed E-state index contributed by atoms with van der Waals surface area (Å²) >= 11 is 3.37. The van der Waals surface area contributed by atoms with Crippen molar-refractivity contribution in [1.82, 2.24) is 20.2 Å². The van der Waals surface area contributed by atoms with Crippen LogP contribution in [0, 0.1) is 0 Å². The molecule has 0 radical (unpaired) electrons. The molecule has 1 aromatic carbocycles. The second-order valence-electron chi connectivity index (χ2n) is 6.35. The molecule has 1 aliphatic rings. The van der Waals surface area contributed by atoms with E-state index in [1.807, 2.05) is 24.3 Å². The maximum Gasteiger partial charge on any atom is 0.407 e. The Balaban J connectivity index is 1.79. The number of likely N-dealkylation sites (tertiary alicyclic amines) is 1. The number of hydrogen-bond acceptors (Lipinski definition) is 5. The molecule has 1 unspecified atom stereocenters. The number of aromatic nitrogens is 2. The molecule has 1 fully saturated rings. The molecule has 0 bridgehead atoms. The van der Waals surface area contributed by atoms with Crippen LogP contribution < -0.4 is 5.32 Å². The number of rotatable bonds is 6. The summed E-state index contributed by atoms with van der Waals surface area (Å²) in [4.78, 5) is 32.6. The molecule has 2 amide bonds. The van der Waals surface area contributed by atoms with Crippen molar-refractivity contribution in [2.75, 3.05) is 20.2 Å². The number of H-pyrrole nitrogens is 1. The number of nitrogens with zero attached hydrogens (tertiary/aromatic N) is 2. The lowest BCUT2D eigenvalue weighted by atomic mass is 10.1. The molecule has 2 N–H and O–H groups in total. The van der Waals surface area contributed by atoms with E-state index < -0.39 is 30.8 Å². The zero-order valence-corrected chi connectivity index (χ0v) is 17.0. The Labute approximate surface area is 173 Å². The molecule has 0 saturated carbocycles. The van der Waals surface area contributed by atoms with E-state index in [1.165, 1.54) is 12.0 Å². The van der Waals surface area contributed by atoms with Gasteiger partial charge >= 0.3 is 12.7 Å². The summed E-state index contributed by atoms with van der Waals surface area (Å²) in [6.07, 6.45) is 0.171. The van der Waals surface area contributed by atoms with Crippen molar-refractivity contribution >= 4 is 27.9 Å². The van der Waals surface area contributed by atoms with Gasteiger partial charge in [-0.25, -0.2) is 9.78 Å². The number of alkyl halides is 2. The molecule has 2 atom stereocenters. The molecular formula is C18H19BrF2N4O4. The average molecular weight is 473 g/mol. The fraction of sp³-hybridized carbons (Fsp3) is 0.389. The van der Waals surface area contributed by atoms with Crippen LogP contribution in [-0.4, -0.2) is 59.8 Å². The van der Waals surface area contributed by atoms with Crippen molar-refractivity contribution in [2.45, 2.75) is 25.2 Å². The summed E-state index contributed by atoms with van der Waals surface area (Å²) in [6.45, 7) is -3.31. The van der Waals surface area contributed by atoms with Crippen LogP contribution in [-0.2, 0) is 14.3 Å². The van der Waals surface area contributed by atoms with Crippen LogP contribution in [0.15, 0.2) is 34.9 Å². The standard InChI is InChI=1S/C18H19BrF2N4O4/c1-28-18(27)23-8-15(26)25-9-12(29-17(20)21)6-14(25)16-22-7-13(24-16)10-2-4-11(19)5-3-10/h2-5,7,12,14,17H,6,8-9H2,1H3,(H,22,24)(H,23,27)/t12?,14-/m0/s1. The lowest BCUT2D eigenvalue weighted by molar-refractivity contribution is -0.160. The molecule has 11 heteroatoms. The quantitative estimate of drug-likeness (QED) is 0.673. The highest BCUT2D eigenvalue weighted by molar-refractivity contribution is 9.10. The number of alkyl carbamates (subject to hydrolysis) is 1. The van der Waals surface area contributed by atoms with Crippen LogP contribution in [0.4, 0.5) is 13.6 Å². The Morgan fingerprint density at radius 3 is 2.76 bits per heavy atom. The van der Waals surface area contributed by atoms with Gasteiger partial charge in [0, 0.05) is 17.4 Å². The number of halogens is 3. The fourth-order valence-corrected chi connectivity index (χ4v) is 3.44. The fourth-order valence-electron chi connectivity index (χ4n) is 3.18. The van der Waals surface area contributed by atoms with Gasteiger partial charge in [0.1, 0.15) is 12.4 Å². The van der Waals surface area contributed by atoms with Gasteiger partial charge in [0.2, 0.25) is 5.91 Å². The third-order valence-electron chi connectivity index (χ3n) is 4.51. The Morgan fingerprint density at radius 1 is 1.38 bits per heavy atom. The van der Waals surface area contributed by atoms with E-state index in [0.29, 0.717) is 5.82 Å². The number of aromatic amines is 1. The highest BCUT2D eigenvalue weighted by atomic mass is 79.9. The SMILES string of the molecule is COC(=O)NCC(=O)N1CC(OC(F)F)C[C@H]1c1ncc(-c2ccc(Br)cc2)[nH]1. The number of carbonyl (C=O) groups excluding carboxylic acids is 2. The van der Waals surface area contributed by atoms with Gasteiger partial charge in [-0.3, -0.25) is 4.79 Å². The first-order valence-corrected chi connectivity index (χ1v) is 9.52. The van der Waals surface area contributed by atoms with Gasteiger partial charge in [-0.1, -0.05) is 28.1 Å². The third-order valence-corrected chi connectivity index (χ3v) is 5.04. The Bertz CT molecular complexity index is 862. The minimum absolute atomic E-state index is 0.0367. The van der Waals surface area contributed by atoms with Crippen LogP contribution in [0.2, 0.25) is 0 Å². The van der Waals surface area contributed by atoms with Gasteiger partial charge in [0.15, 0.2) is 0 Å². The topological polar surface area (TPSA) is 96.6 Å². The van der Waals surface area contributed by atoms with Crippen molar-refractivity contribution in [3.63, 3.8) is 0 Å². The number of ether oxygens (including phenoxy) is 2. The highest BCUT2D eigenvalue weighted by Gasteiger charge is 2.39. The van der Waals surface area contributed by atoms with Gasteiger partial charge in [-0.15, -0.1) is 0 Å². The van der Waals surface area contributed by atoms with Crippen LogP contribution in [0.5, 0.6) is 0 Å². The predicted molar refractivity (Wildman–Crippen MR) is 102 cm³/mol. The summed E-state index contributed by atoms with van der Waals surface area (Å²) in [5.74, 6) is -0.00272. The first-order valence-electron chi connectivity index (χ1n) is 8.73. The predicted octanol–water partition coefficient (Wildman–Crippen LogP) is 3.08. The molecule has 1 aromatic heterocycles. The van der Waals surface area contributed by atoms with E-state index >= 15 is 0 Å². The van der Waals surface area contributed by atoms with E-state index in [4.69, 9.17) is 0 Å². The maximum absolute atomic E-state index is 12.7. The zero-order chi connectivity index (χ0) is 21.0. The monoisotopic (exact) mass is 472 g/mol. The number of carbonyl (C=O) groups is 2. The van der Waals surface area contributed by atoms with Gasteiger partial charge in [0.25, 0.3) is 0 Å². The lowest BCUT2D eigenvalue weighted by Crippen LogP contribution is -2.40. The van der Waals surface area contributed by atoms with Crippen molar-refractivity contribution in [3.05, 3.63) is 40.8 Å². The number of imidazole rings is 1. The third kappa shape index (κ3) is 5.30. The molecule has 2 heterocycles. The summed E-state index contributed by atoms with van der Waals surface area (Å²) in [7, 11) is 1.18. The molecule has 2 aromatic rings. The van der Waals surface area contributed by atoms with E-state index in [-0.39, 0.29) is 19.5 Å². The first kappa shape index (κ1) is 21.2. The lowest BCUT2D eigenvalue weighted by Gasteiger charge is -2.23. The molecule has 1 saturated heterocycles. The van der Waals surface area contributed by atoms with Crippen molar-refractivity contribution in [2.24, 2.45) is 0 Å². The zero-order valence-electron chi connectivity index (χ0n) is 15.4. The maximum atomic E-state index is 12.7. The normalized spacial score (nSPS) is 18.9. The Morgan fingerprint density at radius 2 is 2.10 bits per heavy atom. The Hall–Kier alpha value is -2.53. The van der Waals surface area contributed by atoms with Crippen LogP contribution in [0.3, 0.4) is 0 Å². The minimum atomic E-state index is -2.95. The van der Waals surface area contributed by atoms with Crippen LogP contribution >= 0.6 is 15.9 Å². The first-order chi connectivity index (χ1) is 13.9. The summed E-state index contributed by atoms with van der Waals surface area (Å²) in [5.41, 5.74) is 1.61. The van der Waals surface area contributed by atoms with Gasteiger partial charge in [-0.05, 0) is 17.7 Å². The molecular weight excluding hydrogens is 454 g/mol. The molecule has 8 nitrogen and oxygen atoms in total. The number of hydrogen-bond donors (Lipinski definition) is 2. The number of nitrogens with one attached hydrogen (secondary N) is 2. The second-order valence-corrected chi connectivity index (χ2v) is 7.27. The van der Waals surface area contributed by atoms with Gasteiger partial charge in [-0.2, -0.15) is 8.78 Å². The van der Waals surface area contributed by atoms with Crippen LogP contribution in [0.1, 0.15) is 18.3 Å². The molecule has 156 valence electrons. The molecule has 3 rings (SSSR count). The van der Waals surface area contributed by atoms with E-state index in [2.05, 4.69) is 40.7 Å². The summed E-state index contributed by atoms with van der Waals surface area (Å²) in [5, 5.41) is 2.30. The number of methoxy groups -OCH3 is 1. The molecule has 0 aliphatic carbocycles. The Kier molecular flexibility index (Phi) is 6.80. The van der Waals surface area contributed by atoms with Gasteiger partial charge < -0.3 is 24.7 Å². The van der Waals surface area contributed by atoms with E-state index in [0.717, 1.165) is 15.7 Å². The average Bonchev–Trinajstić information content (AvgIpc) is 3.33. The van der Waals surface area contributed by atoms with Gasteiger partial charge in [0.05, 0.1) is 31.1 Å².